The van der Waals surface area contributed by atoms with Gasteiger partial charge in [-0.1, -0.05) is 17.7 Å². The minimum atomic E-state index is -0.364. The summed E-state index contributed by atoms with van der Waals surface area (Å²) in [5, 5.41) is 5.98. The summed E-state index contributed by atoms with van der Waals surface area (Å²) in [6.45, 7) is 12.5. The molecular weight excluding hydrogens is 352 g/mol. The number of nitrogens with zero attached hydrogens (tertiary/aromatic N) is 2. The van der Waals surface area contributed by atoms with Crippen LogP contribution in [0.25, 0.3) is 0 Å². The van der Waals surface area contributed by atoms with Crippen molar-refractivity contribution in [3.8, 4) is 0 Å². The van der Waals surface area contributed by atoms with Crippen LogP contribution in [0.4, 0.5) is 5.69 Å². The van der Waals surface area contributed by atoms with Gasteiger partial charge in [0.1, 0.15) is 0 Å². The molecule has 1 aromatic carbocycles. The van der Waals surface area contributed by atoms with E-state index in [0.29, 0.717) is 18.1 Å². The van der Waals surface area contributed by atoms with Gasteiger partial charge in [0.25, 0.3) is 11.8 Å². The second-order valence-electron chi connectivity index (χ2n) is 8.77. The Bertz CT molecular complexity index is 912. The molecule has 2 N–H and O–H groups in total. The molecule has 2 heterocycles. The van der Waals surface area contributed by atoms with Crippen LogP contribution in [0.5, 0.6) is 0 Å². The molecule has 1 aliphatic heterocycles. The van der Waals surface area contributed by atoms with Crippen molar-refractivity contribution in [2.75, 3.05) is 5.32 Å². The van der Waals surface area contributed by atoms with E-state index in [4.69, 9.17) is 0 Å². The largest absolute Gasteiger partial charge is 0.345 e. The molecule has 28 heavy (non-hydrogen) atoms. The fraction of sp³-hybridized carbons (Fsp3) is 0.500. The van der Waals surface area contributed by atoms with Crippen LogP contribution >= 0.6 is 0 Å². The molecule has 150 valence electrons. The number of aryl methyl sites for hydroxylation is 3. The first kappa shape index (κ1) is 20.1. The van der Waals surface area contributed by atoms with E-state index in [1.807, 2.05) is 58.2 Å². The second kappa shape index (κ2) is 7.41. The SMILES string of the molecule is Cc1cc(C)c(NC(=O)c2nc(C(=O)NC(C)(C)C)n3c2CCCC3)c(C)c1. The standard InChI is InChI=1S/C22H30N4O2/c1-13-11-14(2)17(15(3)12-13)24-20(27)18-16-9-7-8-10-26(16)19(23-18)21(28)25-22(4,5)6/h11-12H,7-10H2,1-6H3,(H,24,27)(H,25,28). The molecule has 6 heteroatoms. The topological polar surface area (TPSA) is 76.0 Å². The number of hydrogen-bond donors (Lipinski definition) is 2. The summed E-state index contributed by atoms with van der Waals surface area (Å²) >= 11 is 0. The molecule has 0 saturated carbocycles. The minimum absolute atomic E-state index is 0.239. The van der Waals surface area contributed by atoms with Crippen molar-refractivity contribution in [2.45, 2.75) is 72.9 Å². The number of hydrogen-bond acceptors (Lipinski definition) is 3. The highest BCUT2D eigenvalue weighted by Crippen LogP contribution is 2.25. The van der Waals surface area contributed by atoms with Gasteiger partial charge in [0, 0.05) is 17.8 Å². The van der Waals surface area contributed by atoms with Gasteiger partial charge in [-0.05, 0) is 71.9 Å². The number of carbonyl (C=O) groups is 2. The third-order valence-corrected chi connectivity index (χ3v) is 4.94. The molecule has 0 spiro atoms. The normalized spacial score (nSPS) is 13.8. The molecule has 0 radical (unpaired) electrons. The van der Waals surface area contributed by atoms with Gasteiger partial charge in [-0.2, -0.15) is 0 Å². The third-order valence-electron chi connectivity index (χ3n) is 4.94. The molecule has 0 aliphatic carbocycles. The van der Waals surface area contributed by atoms with E-state index in [0.717, 1.165) is 47.3 Å². The fourth-order valence-corrected chi connectivity index (χ4v) is 3.84. The zero-order chi connectivity index (χ0) is 20.6. The van der Waals surface area contributed by atoms with E-state index in [1.54, 1.807) is 0 Å². The molecule has 0 saturated heterocycles. The summed E-state index contributed by atoms with van der Waals surface area (Å²) in [6, 6.07) is 4.10. The predicted octanol–water partition coefficient (Wildman–Crippen LogP) is 3.93. The molecule has 1 aliphatic rings. The van der Waals surface area contributed by atoms with Gasteiger partial charge in [0.15, 0.2) is 11.5 Å². The van der Waals surface area contributed by atoms with Crippen LogP contribution in [0.3, 0.4) is 0 Å². The Morgan fingerprint density at radius 3 is 2.29 bits per heavy atom. The highest BCUT2D eigenvalue weighted by Gasteiger charge is 2.29. The highest BCUT2D eigenvalue weighted by atomic mass is 16.2. The maximum absolute atomic E-state index is 13.1. The number of rotatable bonds is 3. The Balaban J connectivity index is 1.96. The first-order valence-electron chi connectivity index (χ1n) is 9.88. The summed E-state index contributed by atoms with van der Waals surface area (Å²) in [4.78, 5) is 30.3. The van der Waals surface area contributed by atoms with Crippen LogP contribution in [-0.4, -0.2) is 26.9 Å². The van der Waals surface area contributed by atoms with Crippen molar-refractivity contribution in [1.29, 1.82) is 0 Å². The van der Waals surface area contributed by atoms with E-state index in [1.165, 1.54) is 0 Å². The van der Waals surface area contributed by atoms with Crippen molar-refractivity contribution in [3.63, 3.8) is 0 Å². The smallest absolute Gasteiger partial charge is 0.287 e. The number of anilines is 1. The van der Waals surface area contributed by atoms with Crippen LogP contribution in [0, 0.1) is 20.8 Å². The zero-order valence-electron chi connectivity index (χ0n) is 17.7. The number of carbonyl (C=O) groups excluding carboxylic acids is 2. The number of fused-ring (bicyclic) bond motifs is 1. The Hall–Kier alpha value is -2.63. The average Bonchev–Trinajstić information content (AvgIpc) is 2.96. The lowest BCUT2D eigenvalue weighted by Crippen LogP contribution is -2.42. The first-order valence-corrected chi connectivity index (χ1v) is 9.88. The molecular formula is C22H30N4O2. The van der Waals surface area contributed by atoms with Crippen LogP contribution in [0.15, 0.2) is 12.1 Å². The summed E-state index contributed by atoms with van der Waals surface area (Å²) in [5.41, 5.74) is 4.86. The van der Waals surface area contributed by atoms with Crippen LogP contribution in [0.1, 0.15) is 77.1 Å². The van der Waals surface area contributed by atoms with Crippen molar-refractivity contribution in [3.05, 3.63) is 46.0 Å². The van der Waals surface area contributed by atoms with Gasteiger partial charge in [0.2, 0.25) is 0 Å². The van der Waals surface area contributed by atoms with Crippen molar-refractivity contribution < 1.29 is 9.59 Å². The Morgan fingerprint density at radius 1 is 1.04 bits per heavy atom. The molecule has 2 aromatic rings. The number of aromatic nitrogens is 2. The maximum atomic E-state index is 13.1. The van der Waals surface area contributed by atoms with E-state index in [2.05, 4.69) is 15.6 Å². The van der Waals surface area contributed by atoms with Gasteiger partial charge in [-0.3, -0.25) is 9.59 Å². The Kier molecular flexibility index (Phi) is 5.33. The monoisotopic (exact) mass is 382 g/mol. The van der Waals surface area contributed by atoms with Crippen molar-refractivity contribution >= 4 is 17.5 Å². The lowest BCUT2D eigenvalue weighted by molar-refractivity contribution is 0.0903. The number of imidazole rings is 1. The van der Waals surface area contributed by atoms with Crippen LogP contribution in [-0.2, 0) is 13.0 Å². The van der Waals surface area contributed by atoms with Crippen molar-refractivity contribution in [2.24, 2.45) is 0 Å². The number of benzene rings is 1. The molecule has 0 unspecified atom stereocenters. The average molecular weight is 383 g/mol. The van der Waals surface area contributed by atoms with Gasteiger partial charge in [-0.15, -0.1) is 0 Å². The summed E-state index contributed by atoms with van der Waals surface area (Å²) in [5.74, 6) is -0.167. The minimum Gasteiger partial charge on any atom is -0.345 e. The van der Waals surface area contributed by atoms with E-state index in [9.17, 15) is 9.59 Å². The summed E-state index contributed by atoms with van der Waals surface area (Å²) in [6.07, 6.45) is 2.73. The maximum Gasteiger partial charge on any atom is 0.287 e. The second-order valence-corrected chi connectivity index (χ2v) is 8.77. The number of nitrogens with one attached hydrogen (secondary N) is 2. The quantitative estimate of drug-likeness (QED) is 0.845. The molecule has 0 fully saturated rings. The van der Waals surface area contributed by atoms with Crippen LogP contribution < -0.4 is 10.6 Å². The fourth-order valence-electron chi connectivity index (χ4n) is 3.84. The molecule has 0 bridgehead atoms. The Labute approximate surface area is 166 Å². The summed E-state index contributed by atoms with van der Waals surface area (Å²) < 4.78 is 1.91. The van der Waals surface area contributed by atoms with Gasteiger partial charge < -0.3 is 15.2 Å². The molecule has 3 rings (SSSR count). The van der Waals surface area contributed by atoms with Crippen molar-refractivity contribution in [1.82, 2.24) is 14.9 Å². The molecule has 1 aromatic heterocycles. The summed E-state index contributed by atoms with van der Waals surface area (Å²) in [7, 11) is 0. The van der Waals surface area contributed by atoms with Crippen LogP contribution in [0.2, 0.25) is 0 Å². The molecule has 6 nitrogen and oxygen atoms in total. The van der Waals surface area contributed by atoms with E-state index in [-0.39, 0.29) is 17.4 Å². The van der Waals surface area contributed by atoms with Gasteiger partial charge in [-0.25, -0.2) is 4.98 Å². The molecule has 2 amide bonds. The highest BCUT2D eigenvalue weighted by molar-refractivity contribution is 6.05. The van der Waals surface area contributed by atoms with Gasteiger partial charge in [0.05, 0.1) is 5.69 Å². The third kappa shape index (κ3) is 4.11. The lowest BCUT2D eigenvalue weighted by Gasteiger charge is -2.22. The van der Waals surface area contributed by atoms with E-state index < -0.39 is 0 Å². The van der Waals surface area contributed by atoms with E-state index >= 15 is 0 Å². The first-order chi connectivity index (χ1) is 13.1. The molecule has 0 atom stereocenters. The Morgan fingerprint density at radius 2 is 1.68 bits per heavy atom. The predicted molar refractivity (Wildman–Crippen MR) is 111 cm³/mol. The zero-order valence-corrected chi connectivity index (χ0v) is 17.7. The van der Waals surface area contributed by atoms with Gasteiger partial charge >= 0.3 is 0 Å². The lowest BCUT2D eigenvalue weighted by atomic mass is 10.0. The number of amides is 2.